The number of carbonyl (C=O) groups excluding carboxylic acids is 1. The van der Waals surface area contributed by atoms with E-state index >= 15 is 0 Å². The summed E-state index contributed by atoms with van der Waals surface area (Å²) in [7, 11) is 0. The molecule has 1 amide bonds. The Balaban J connectivity index is 2.44. The van der Waals surface area contributed by atoms with Crippen molar-refractivity contribution in [2.24, 2.45) is 5.73 Å². The lowest BCUT2D eigenvalue weighted by Crippen LogP contribution is -2.29. The highest BCUT2D eigenvalue weighted by atomic mass is 16.5. The molecule has 17 heavy (non-hydrogen) atoms. The number of amides is 1. The van der Waals surface area contributed by atoms with Gasteiger partial charge in [0.15, 0.2) is 0 Å². The Bertz CT molecular complexity index is 448. The van der Waals surface area contributed by atoms with Crippen molar-refractivity contribution in [2.45, 2.75) is 45.1 Å². The zero-order chi connectivity index (χ0) is 12.6. The predicted molar refractivity (Wildman–Crippen MR) is 67.0 cm³/mol. The average Bonchev–Trinajstić information content (AvgIpc) is 3.01. The molecule has 0 saturated heterocycles. The summed E-state index contributed by atoms with van der Waals surface area (Å²) in [5.41, 5.74) is 7.13. The van der Waals surface area contributed by atoms with Crippen LogP contribution in [-0.4, -0.2) is 12.0 Å². The smallest absolute Gasteiger partial charge is 0.228 e. The first kappa shape index (κ1) is 12.0. The predicted octanol–water partition coefficient (Wildman–Crippen LogP) is 2.30. The summed E-state index contributed by atoms with van der Waals surface area (Å²) < 4.78 is 5.77. The van der Waals surface area contributed by atoms with Crippen LogP contribution in [-0.2, 0) is 10.2 Å². The van der Waals surface area contributed by atoms with Crippen molar-refractivity contribution in [2.75, 3.05) is 0 Å². The van der Waals surface area contributed by atoms with Crippen LogP contribution < -0.4 is 10.5 Å². The zero-order valence-electron chi connectivity index (χ0n) is 10.6. The molecular formula is C14H19NO2. The van der Waals surface area contributed by atoms with Crippen LogP contribution in [0.25, 0.3) is 0 Å². The number of benzene rings is 1. The van der Waals surface area contributed by atoms with Crippen LogP contribution in [0.1, 0.15) is 37.8 Å². The van der Waals surface area contributed by atoms with E-state index in [0.717, 1.165) is 29.7 Å². The average molecular weight is 233 g/mol. The van der Waals surface area contributed by atoms with Gasteiger partial charge in [-0.2, -0.15) is 0 Å². The number of nitrogens with two attached hydrogens (primary N) is 1. The van der Waals surface area contributed by atoms with Gasteiger partial charge in [0.2, 0.25) is 5.91 Å². The van der Waals surface area contributed by atoms with Crippen molar-refractivity contribution in [3.8, 4) is 5.75 Å². The van der Waals surface area contributed by atoms with Gasteiger partial charge in [0.1, 0.15) is 5.75 Å². The summed E-state index contributed by atoms with van der Waals surface area (Å²) in [4.78, 5) is 11.6. The monoisotopic (exact) mass is 233 g/mol. The molecule has 0 bridgehead atoms. The van der Waals surface area contributed by atoms with Crippen molar-refractivity contribution in [1.29, 1.82) is 0 Å². The molecule has 3 nitrogen and oxygen atoms in total. The molecule has 92 valence electrons. The van der Waals surface area contributed by atoms with Crippen molar-refractivity contribution in [3.05, 3.63) is 29.3 Å². The third kappa shape index (κ3) is 2.14. The standard InChI is InChI=1S/C14H19NO2/c1-9(2)17-12-5-4-10(3)8-11(12)14(6-7-14)13(15)16/h4-5,8-9H,6-7H2,1-3H3,(H2,15,16). The summed E-state index contributed by atoms with van der Waals surface area (Å²) in [6.45, 7) is 5.97. The minimum atomic E-state index is -0.476. The highest BCUT2D eigenvalue weighted by molar-refractivity contribution is 5.90. The van der Waals surface area contributed by atoms with E-state index in [2.05, 4.69) is 0 Å². The van der Waals surface area contributed by atoms with Crippen molar-refractivity contribution in [1.82, 2.24) is 0 Å². The number of primary amides is 1. The second-order valence-corrected chi connectivity index (χ2v) is 5.11. The zero-order valence-corrected chi connectivity index (χ0v) is 10.6. The molecule has 1 saturated carbocycles. The maximum Gasteiger partial charge on any atom is 0.228 e. The van der Waals surface area contributed by atoms with Gasteiger partial charge in [-0.05, 0) is 39.7 Å². The van der Waals surface area contributed by atoms with Gasteiger partial charge in [0, 0.05) is 5.56 Å². The molecule has 0 aliphatic heterocycles. The van der Waals surface area contributed by atoms with Crippen LogP contribution in [0.5, 0.6) is 5.75 Å². The summed E-state index contributed by atoms with van der Waals surface area (Å²) in [6, 6.07) is 5.96. The molecule has 1 aromatic carbocycles. The van der Waals surface area contributed by atoms with Gasteiger partial charge < -0.3 is 10.5 Å². The Morgan fingerprint density at radius 3 is 2.53 bits per heavy atom. The minimum Gasteiger partial charge on any atom is -0.491 e. The van der Waals surface area contributed by atoms with Crippen LogP contribution >= 0.6 is 0 Å². The van der Waals surface area contributed by atoms with E-state index in [9.17, 15) is 4.79 Å². The summed E-state index contributed by atoms with van der Waals surface area (Å²) in [5, 5.41) is 0. The summed E-state index contributed by atoms with van der Waals surface area (Å²) >= 11 is 0. The first-order valence-corrected chi connectivity index (χ1v) is 6.03. The van der Waals surface area contributed by atoms with E-state index in [0.29, 0.717) is 0 Å². The number of hydrogen-bond acceptors (Lipinski definition) is 2. The Morgan fingerprint density at radius 1 is 1.41 bits per heavy atom. The summed E-state index contributed by atoms with van der Waals surface area (Å²) in [6.07, 6.45) is 1.76. The molecule has 1 aromatic rings. The molecule has 1 aliphatic carbocycles. The first-order chi connectivity index (χ1) is 7.95. The minimum absolute atomic E-state index is 0.0973. The molecule has 2 N–H and O–H groups in total. The lowest BCUT2D eigenvalue weighted by atomic mass is 9.93. The molecule has 0 spiro atoms. The second kappa shape index (κ2) is 4.06. The number of rotatable bonds is 4. The molecule has 1 aliphatic rings. The van der Waals surface area contributed by atoms with Crippen LogP contribution in [0.4, 0.5) is 0 Å². The second-order valence-electron chi connectivity index (χ2n) is 5.11. The van der Waals surface area contributed by atoms with Gasteiger partial charge >= 0.3 is 0 Å². The number of ether oxygens (including phenoxy) is 1. The number of carbonyl (C=O) groups is 1. The Labute approximate surface area is 102 Å². The number of aryl methyl sites for hydroxylation is 1. The van der Waals surface area contributed by atoms with Gasteiger partial charge in [-0.1, -0.05) is 17.7 Å². The Hall–Kier alpha value is -1.51. The lowest BCUT2D eigenvalue weighted by Gasteiger charge is -2.19. The van der Waals surface area contributed by atoms with Crippen LogP contribution in [0.3, 0.4) is 0 Å². The quantitative estimate of drug-likeness (QED) is 0.867. The Morgan fingerprint density at radius 2 is 2.06 bits per heavy atom. The van der Waals surface area contributed by atoms with E-state index < -0.39 is 5.41 Å². The van der Waals surface area contributed by atoms with Crippen LogP contribution in [0.15, 0.2) is 18.2 Å². The molecule has 0 atom stereocenters. The highest BCUT2D eigenvalue weighted by Crippen LogP contribution is 2.51. The van der Waals surface area contributed by atoms with Gasteiger partial charge in [-0.25, -0.2) is 0 Å². The van der Waals surface area contributed by atoms with Gasteiger partial charge in [0.25, 0.3) is 0 Å². The fourth-order valence-electron chi connectivity index (χ4n) is 2.15. The fraction of sp³-hybridized carbons (Fsp3) is 0.500. The van der Waals surface area contributed by atoms with E-state index in [-0.39, 0.29) is 12.0 Å². The van der Waals surface area contributed by atoms with Gasteiger partial charge in [-0.15, -0.1) is 0 Å². The van der Waals surface area contributed by atoms with E-state index in [4.69, 9.17) is 10.5 Å². The molecule has 0 aromatic heterocycles. The Kier molecular flexibility index (Phi) is 2.86. The third-order valence-electron chi connectivity index (χ3n) is 3.23. The van der Waals surface area contributed by atoms with Crippen LogP contribution in [0, 0.1) is 6.92 Å². The molecule has 3 heteroatoms. The lowest BCUT2D eigenvalue weighted by molar-refractivity contribution is -0.120. The molecule has 0 unspecified atom stereocenters. The van der Waals surface area contributed by atoms with Crippen molar-refractivity contribution >= 4 is 5.91 Å². The summed E-state index contributed by atoms with van der Waals surface area (Å²) in [5.74, 6) is 0.554. The van der Waals surface area contributed by atoms with Crippen LogP contribution in [0.2, 0.25) is 0 Å². The molecule has 0 heterocycles. The topological polar surface area (TPSA) is 52.3 Å². The van der Waals surface area contributed by atoms with E-state index in [1.807, 2.05) is 39.0 Å². The van der Waals surface area contributed by atoms with Gasteiger partial charge in [0.05, 0.1) is 11.5 Å². The number of hydrogen-bond donors (Lipinski definition) is 1. The SMILES string of the molecule is Cc1ccc(OC(C)C)c(C2(C(N)=O)CC2)c1. The normalized spacial score (nSPS) is 16.9. The fourth-order valence-corrected chi connectivity index (χ4v) is 2.15. The van der Waals surface area contributed by atoms with Crippen molar-refractivity contribution in [3.63, 3.8) is 0 Å². The maximum atomic E-state index is 11.6. The largest absolute Gasteiger partial charge is 0.491 e. The highest BCUT2D eigenvalue weighted by Gasteiger charge is 2.51. The maximum absolute atomic E-state index is 11.6. The molecular weight excluding hydrogens is 214 g/mol. The first-order valence-electron chi connectivity index (χ1n) is 6.03. The van der Waals surface area contributed by atoms with E-state index in [1.54, 1.807) is 0 Å². The van der Waals surface area contributed by atoms with Gasteiger partial charge in [-0.3, -0.25) is 4.79 Å². The molecule has 1 fully saturated rings. The van der Waals surface area contributed by atoms with E-state index in [1.165, 1.54) is 0 Å². The molecule has 2 rings (SSSR count). The van der Waals surface area contributed by atoms with Crippen molar-refractivity contribution < 1.29 is 9.53 Å². The third-order valence-corrected chi connectivity index (χ3v) is 3.23. The molecule has 0 radical (unpaired) electrons.